The zero-order valence-electron chi connectivity index (χ0n) is 8.45. The molecule has 0 aliphatic carbocycles. The van der Waals surface area contributed by atoms with E-state index in [0.717, 1.165) is 22.1 Å². The Balaban J connectivity index is 3.04. The summed E-state index contributed by atoms with van der Waals surface area (Å²) >= 11 is 0. The van der Waals surface area contributed by atoms with Gasteiger partial charge in [0.25, 0.3) is 0 Å². The molecule has 0 unspecified atom stereocenters. The Bertz CT molecular complexity index is 424. The van der Waals surface area contributed by atoms with Crippen molar-refractivity contribution >= 4 is 9.84 Å². The van der Waals surface area contributed by atoms with Crippen LogP contribution in [0.5, 0.6) is 0 Å². The van der Waals surface area contributed by atoms with Gasteiger partial charge in [-0.05, 0) is 19.4 Å². The SMILES string of the molecule is C=CS(=O)(=O)Cc1cc(C)cc(C)c1. The maximum atomic E-state index is 11.3. The molecule has 0 aliphatic rings. The third kappa shape index (κ3) is 3.00. The normalized spacial score (nSPS) is 11.3. The van der Waals surface area contributed by atoms with Crippen molar-refractivity contribution in [1.82, 2.24) is 0 Å². The van der Waals surface area contributed by atoms with E-state index in [4.69, 9.17) is 0 Å². The Morgan fingerprint density at radius 1 is 1.21 bits per heavy atom. The Morgan fingerprint density at radius 3 is 2.14 bits per heavy atom. The first kappa shape index (κ1) is 11.0. The summed E-state index contributed by atoms with van der Waals surface area (Å²) < 4.78 is 22.5. The lowest BCUT2D eigenvalue weighted by atomic mass is 10.1. The first-order valence-electron chi connectivity index (χ1n) is 4.35. The molecule has 1 aromatic rings. The van der Waals surface area contributed by atoms with E-state index in [-0.39, 0.29) is 5.75 Å². The summed E-state index contributed by atoms with van der Waals surface area (Å²) in [5.74, 6) is 0.0407. The molecule has 1 aromatic carbocycles. The predicted octanol–water partition coefficient (Wildman–Crippen LogP) is 2.36. The van der Waals surface area contributed by atoms with Crippen LogP contribution < -0.4 is 0 Å². The molecule has 0 fully saturated rings. The maximum absolute atomic E-state index is 11.3. The molecule has 0 bridgehead atoms. The molecule has 0 aromatic heterocycles. The standard InChI is InChI=1S/C11H14O2S/c1-4-14(12,13)8-11-6-9(2)5-10(3)7-11/h4-7H,1,8H2,2-3H3. The molecule has 0 saturated heterocycles. The molecule has 0 atom stereocenters. The summed E-state index contributed by atoms with van der Waals surface area (Å²) in [5.41, 5.74) is 2.99. The van der Waals surface area contributed by atoms with Crippen LogP contribution in [0.25, 0.3) is 0 Å². The second kappa shape index (κ2) is 3.96. The highest BCUT2D eigenvalue weighted by atomic mass is 32.2. The molecule has 0 saturated carbocycles. The Kier molecular flexibility index (Phi) is 3.11. The third-order valence-electron chi connectivity index (χ3n) is 1.90. The van der Waals surface area contributed by atoms with Gasteiger partial charge in [-0.15, -0.1) is 0 Å². The highest BCUT2D eigenvalue weighted by Crippen LogP contribution is 2.12. The van der Waals surface area contributed by atoms with Gasteiger partial charge in [0.1, 0.15) is 0 Å². The molecule has 76 valence electrons. The van der Waals surface area contributed by atoms with Crippen LogP contribution in [0.15, 0.2) is 30.2 Å². The molecule has 0 radical (unpaired) electrons. The minimum atomic E-state index is -3.14. The second-order valence-corrected chi connectivity index (χ2v) is 5.42. The maximum Gasteiger partial charge on any atom is 0.175 e. The average molecular weight is 210 g/mol. The van der Waals surface area contributed by atoms with E-state index in [1.54, 1.807) is 0 Å². The van der Waals surface area contributed by atoms with Gasteiger partial charge in [0.2, 0.25) is 0 Å². The minimum Gasteiger partial charge on any atom is -0.224 e. The lowest BCUT2D eigenvalue weighted by molar-refractivity contribution is 0.604. The van der Waals surface area contributed by atoms with E-state index in [9.17, 15) is 8.42 Å². The summed E-state index contributed by atoms with van der Waals surface area (Å²) in [4.78, 5) is 0. The Morgan fingerprint density at radius 2 is 1.71 bits per heavy atom. The first-order valence-corrected chi connectivity index (χ1v) is 6.07. The van der Waals surface area contributed by atoms with Gasteiger partial charge in [-0.2, -0.15) is 0 Å². The van der Waals surface area contributed by atoms with Gasteiger partial charge in [-0.25, -0.2) is 8.42 Å². The van der Waals surface area contributed by atoms with Crippen molar-refractivity contribution in [2.75, 3.05) is 0 Å². The quantitative estimate of drug-likeness (QED) is 0.767. The molecule has 0 amide bonds. The van der Waals surface area contributed by atoms with Crippen molar-refractivity contribution in [3.63, 3.8) is 0 Å². The smallest absolute Gasteiger partial charge is 0.175 e. The molecular weight excluding hydrogens is 196 g/mol. The largest absolute Gasteiger partial charge is 0.224 e. The number of rotatable bonds is 3. The minimum absolute atomic E-state index is 0.0407. The van der Waals surface area contributed by atoms with Crippen molar-refractivity contribution in [3.05, 3.63) is 46.9 Å². The summed E-state index contributed by atoms with van der Waals surface area (Å²) in [6.45, 7) is 7.20. The summed E-state index contributed by atoms with van der Waals surface area (Å²) in [6, 6.07) is 5.78. The molecule has 2 nitrogen and oxygen atoms in total. The van der Waals surface area contributed by atoms with Gasteiger partial charge >= 0.3 is 0 Å². The highest BCUT2D eigenvalue weighted by molar-refractivity contribution is 7.93. The molecule has 3 heteroatoms. The topological polar surface area (TPSA) is 34.1 Å². The second-order valence-electron chi connectivity index (χ2n) is 3.47. The lowest BCUT2D eigenvalue weighted by Crippen LogP contribution is -2.00. The van der Waals surface area contributed by atoms with E-state index >= 15 is 0 Å². The number of hydrogen-bond acceptors (Lipinski definition) is 2. The Labute approximate surface area is 85.2 Å². The fourth-order valence-corrected chi connectivity index (χ4v) is 2.19. The average Bonchev–Trinajstić information content (AvgIpc) is 2.01. The van der Waals surface area contributed by atoms with Crippen LogP contribution in [0.3, 0.4) is 0 Å². The van der Waals surface area contributed by atoms with Gasteiger partial charge < -0.3 is 0 Å². The summed E-state index contributed by atoms with van der Waals surface area (Å²) in [7, 11) is -3.14. The van der Waals surface area contributed by atoms with Crippen molar-refractivity contribution in [3.8, 4) is 0 Å². The van der Waals surface area contributed by atoms with Crippen LogP contribution in [-0.2, 0) is 15.6 Å². The number of hydrogen-bond donors (Lipinski definition) is 0. The molecule has 14 heavy (non-hydrogen) atoms. The molecule has 0 N–H and O–H groups in total. The molecule has 0 spiro atoms. The van der Waals surface area contributed by atoms with Crippen molar-refractivity contribution in [2.45, 2.75) is 19.6 Å². The monoisotopic (exact) mass is 210 g/mol. The number of aryl methyl sites for hydroxylation is 2. The van der Waals surface area contributed by atoms with Crippen molar-refractivity contribution in [2.24, 2.45) is 0 Å². The fraction of sp³-hybridized carbons (Fsp3) is 0.273. The lowest BCUT2D eigenvalue weighted by Gasteiger charge is -2.03. The third-order valence-corrected chi connectivity index (χ3v) is 3.15. The molecule has 0 heterocycles. The van der Waals surface area contributed by atoms with E-state index in [1.807, 2.05) is 32.0 Å². The molecular formula is C11H14O2S. The van der Waals surface area contributed by atoms with E-state index in [1.165, 1.54) is 0 Å². The first-order chi connectivity index (χ1) is 6.43. The van der Waals surface area contributed by atoms with Crippen LogP contribution >= 0.6 is 0 Å². The van der Waals surface area contributed by atoms with Crippen LogP contribution in [0.2, 0.25) is 0 Å². The van der Waals surface area contributed by atoms with Crippen molar-refractivity contribution < 1.29 is 8.42 Å². The van der Waals surface area contributed by atoms with Crippen LogP contribution in [0.4, 0.5) is 0 Å². The highest BCUT2D eigenvalue weighted by Gasteiger charge is 2.07. The van der Waals surface area contributed by atoms with Gasteiger partial charge in [0.05, 0.1) is 5.75 Å². The number of sulfone groups is 1. The zero-order chi connectivity index (χ0) is 10.8. The molecule has 0 aliphatic heterocycles. The van der Waals surface area contributed by atoms with Gasteiger partial charge in [-0.3, -0.25) is 0 Å². The van der Waals surface area contributed by atoms with Crippen LogP contribution in [-0.4, -0.2) is 8.42 Å². The molecule has 1 rings (SSSR count). The van der Waals surface area contributed by atoms with Gasteiger partial charge in [0, 0.05) is 5.41 Å². The predicted molar refractivity (Wildman–Crippen MR) is 58.7 cm³/mol. The van der Waals surface area contributed by atoms with Crippen LogP contribution in [0.1, 0.15) is 16.7 Å². The van der Waals surface area contributed by atoms with E-state index < -0.39 is 9.84 Å². The van der Waals surface area contributed by atoms with Gasteiger partial charge in [-0.1, -0.05) is 35.9 Å². The van der Waals surface area contributed by atoms with Crippen molar-refractivity contribution in [1.29, 1.82) is 0 Å². The Hall–Kier alpha value is -1.09. The van der Waals surface area contributed by atoms with Crippen LogP contribution in [0, 0.1) is 13.8 Å². The van der Waals surface area contributed by atoms with E-state index in [0.29, 0.717) is 0 Å². The summed E-state index contributed by atoms with van der Waals surface area (Å²) in [5, 5.41) is 1.00. The van der Waals surface area contributed by atoms with E-state index in [2.05, 4.69) is 6.58 Å². The summed E-state index contributed by atoms with van der Waals surface area (Å²) in [6.07, 6.45) is 0. The van der Waals surface area contributed by atoms with Gasteiger partial charge in [0.15, 0.2) is 9.84 Å². The fourth-order valence-electron chi connectivity index (χ4n) is 1.44. The number of benzene rings is 1. The zero-order valence-corrected chi connectivity index (χ0v) is 9.26.